The van der Waals surface area contributed by atoms with Crippen molar-refractivity contribution in [2.24, 2.45) is 5.41 Å². The molecule has 29 nitrogen and oxygen atoms in total. The number of methoxy groups -OCH3 is 3. The van der Waals surface area contributed by atoms with Crippen LogP contribution in [0.4, 0.5) is 27.5 Å². The number of amides is 9. The molecule has 6 aliphatic rings. The topological polar surface area (TPSA) is 345 Å². The number of aliphatic hydroxyl groups is 1. The maximum Gasteiger partial charge on any atom is 0.416 e. The summed E-state index contributed by atoms with van der Waals surface area (Å²) >= 11 is 0. The van der Waals surface area contributed by atoms with Crippen LogP contribution >= 0.6 is 0 Å². The molecule has 8 aromatic rings. The lowest BCUT2D eigenvalue weighted by Crippen LogP contribution is -2.54. The second kappa shape index (κ2) is 33.4. The Morgan fingerprint density at radius 1 is 0.664 bits per heavy atom. The van der Waals surface area contributed by atoms with Gasteiger partial charge in [-0.3, -0.25) is 38.4 Å². The molecule has 1 spiro atoms. The Kier molecular flexibility index (Phi) is 22.8. The quantitative estimate of drug-likeness (QED) is 0.0236. The second-order valence-corrected chi connectivity index (χ2v) is 29.3. The number of carbonyl (C=O) groups excluding carboxylic acids is 9. The Hall–Kier alpha value is -12.8. The molecule has 113 heavy (non-hydrogen) atoms. The van der Waals surface area contributed by atoms with E-state index in [1.54, 1.807) is 88.5 Å². The van der Waals surface area contributed by atoms with E-state index in [-0.39, 0.29) is 104 Å². The highest BCUT2D eigenvalue weighted by Gasteiger charge is 2.58. The first-order valence-electron chi connectivity index (χ1n) is 37.7. The number of para-hydroxylation sites is 1. The van der Waals surface area contributed by atoms with Gasteiger partial charge in [0, 0.05) is 80.0 Å². The zero-order valence-corrected chi connectivity index (χ0v) is 63.5. The Labute approximate surface area is 652 Å². The van der Waals surface area contributed by atoms with Crippen molar-refractivity contribution in [1.29, 1.82) is 0 Å². The van der Waals surface area contributed by atoms with Gasteiger partial charge in [0.1, 0.15) is 30.1 Å². The van der Waals surface area contributed by atoms with Crippen LogP contribution in [0.25, 0.3) is 28.1 Å². The molecule has 1 saturated heterocycles. The number of aromatic nitrogens is 3. The predicted octanol–water partition coefficient (Wildman–Crippen LogP) is 8.95. The van der Waals surface area contributed by atoms with Crippen molar-refractivity contribution < 1.29 is 76.7 Å². The minimum Gasteiger partial charge on any atom is -0.497 e. The minimum absolute atomic E-state index is 0.0216. The molecule has 29 heteroatoms. The first-order valence-corrected chi connectivity index (χ1v) is 37.7. The van der Waals surface area contributed by atoms with E-state index in [4.69, 9.17) is 28.4 Å². The van der Waals surface area contributed by atoms with Crippen molar-refractivity contribution in [2.45, 2.75) is 122 Å². The molecule has 7 aromatic carbocycles. The molecular weight excluding hydrogens is 1450 g/mol. The number of nitrogens with zero attached hydrogens (tertiary/aromatic N) is 7. The van der Waals surface area contributed by atoms with E-state index in [1.807, 2.05) is 97.5 Å². The number of hydrogen-bond acceptors (Lipinski definition) is 19. The third kappa shape index (κ3) is 16.8. The van der Waals surface area contributed by atoms with Crippen LogP contribution < -0.4 is 65.4 Å². The largest absolute Gasteiger partial charge is 0.497 e. The van der Waals surface area contributed by atoms with Crippen molar-refractivity contribution in [2.75, 3.05) is 81.2 Å². The van der Waals surface area contributed by atoms with E-state index in [9.17, 15) is 48.3 Å². The first-order chi connectivity index (χ1) is 54.7. The molecule has 9 amide bonds. The van der Waals surface area contributed by atoms with Crippen LogP contribution in [0.5, 0.6) is 28.7 Å². The fraction of sp³-hybridized carbons (Fsp3) is 0.345. The fourth-order valence-electron chi connectivity index (χ4n) is 15.1. The Morgan fingerprint density at radius 3 is 2.06 bits per heavy atom. The molecule has 0 radical (unpaired) electrons. The maximum absolute atomic E-state index is 14.6. The Balaban J connectivity index is 0.556. The van der Waals surface area contributed by atoms with Gasteiger partial charge in [0.2, 0.25) is 35.4 Å². The molecule has 6 heterocycles. The van der Waals surface area contributed by atoms with Crippen LogP contribution in [0.1, 0.15) is 115 Å². The van der Waals surface area contributed by atoms with Crippen LogP contribution in [0.15, 0.2) is 158 Å². The molecule has 14 rings (SSSR count). The Bertz CT molecular complexity index is 5010. The van der Waals surface area contributed by atoms with Gasteiger partial charge in [0.15, 0.2) is 29.2 Å². The van der Waals surface area contributed by atoms with E-state index in [0.717, 1.165) is 57.0 Å². The molecule has 1 unspecified atom stereocenters. The lowest BCUT2D eigenvalue weighted by atomic mass is 9.95. The lowest BCUT2D eigenvalue weighted by Gasteiger charge is -2.31. The smallest absolute Gasteiger partial charge is 0.416 e. The van der Waals surface area contributed by atoms with E-state index < -0.39 is 73.1 Å². The van der Waals surface area contributed by atoms with E-state index >= 15 is 0 Å². The minimum atomic E-state index is -1.51. The maximum atomic E-state index is 14.6. The van der Waals surface area contributed by atoms with Gasteiger partial charge in [-0.1, -0.05) is 102 Å². The summed E-state index contributed by atoms with van der Waals surface area (Å²) in [7, 11) is 4.56. The molecule has 1 aliphatic carbocycles. The zero-order chi connectivity index (χ0) is 79.2. The zero-order valence-electron chi connectivity index (χ0n) is 63.5. The summed E-state index contributed by atoms with van der Waals surface area (Å²) in [4.78, 5) is 131. The SMILES string of the molecule is COc1ccc(C2=CN3C(=O)c4cc(OC)c(OCCCOc5cc6c(cc5OC)C(=O)N5CC7(CC7)C[C@H]5C(O)N6C(=O)OCc5ccc(NC(=O)[C@H](C)NC(=O)[C@H](Cc6ccccc6)NC(=O)CNC(=O)CNC(=O)CCC(=O)N6Cc7ccccc7-c7nnn(C(C)C)c7-c7ccccc76)cc5)cc4NC[C@@H]3C2)cc1. The normalized spacial score (nSPS) is 17.2. The van der Waals surface area contributed by atoms with Gasteiger partial charge >= 0.3 is 6.09 Å². The average Bonchev–Trinajstić information content (AvgIpc) is 1.57. The molecule has 2 fully saturated rings. The summed E-state index contributed by atoms with van der Waals surface area (Å²) in [6.45, 7) is 5.50. The first kappa shape index (κ1) is 77.0. The van der Waals surface area contributed by atoms with Gasteiger partial charge < -0.3 is 80.1 Å². The predicted molar refractivity (Wildman–Crippen MR) is 418 cm³/mol. The monoisotopic (exact) mass is 1540 g/mol. The number of hydrogen-bond donors (Lipinski definition) is 7. The second-order valence-electron chi connectivity index (χ2n) is 29.3. The van der Waals surface area contributed by atoms with Gasteiger partial charge in [-0.05, 0) is 122 Å². The van der Waals surface area contributed by atoms with Crippen molar-refractivity contribution >= 4 is 81.7 Å². The number of aliphatic hydroxyl groups excluding tert-OH is 1. The van der Waals surface area contributed by atoms with Gasteiger partial charge in [0.05, 0.1) is 100 Å². The molecule has 5 atom stereocenters. The van der Waals surface area contributed by atoms with Crippen LogP contribution in [-0.2, 0) is 53.1 Å². The number of fused-ring (bicyclic) bond motifs is 9. The highest BCUT2D eigenvalue weighted by atomic mass is 16.6. The molecule has 1 saturated carbocycles. The van der Waals surface area contributed by atoms with E-state index in [1.165, 1.54) is 33.3 Å². The standard InChI is InChI=1S/C84H89N13O16/c1-49(2)97-77-60-19-12-13-20-65(60)94(45-54-17-10-11-18-59(54)76(77)91-92-97)75(101)30-29-72(98)86-43-73(99)87-44-74(100)90-64(35-51-15-8-7-9-16-51)79(103)88-50(3)78(102)89-56-25-21-52(22-26-56)47-113-83(107)96-66-40-71(69(110-6)38-62(66)81(105)95-48-84(31-32-84)41-67(95)82(96)106)112-34-14-33-111-70-39-63-61(37-68(70)109-5)80(104)93-46-55(36-57(93)42-85-63)53-23-27-58(108-4)28-24-53/h7-13,15-28,37-40,46,49-50,57,64,67,82,85,106H,14,29-36,41-45,47-48H2,1-6H3,(H,86,98)(H,87,99)(H,88,103)(H,89,102)(H,90,100)/t50-,57-,64-,67-,82?/m0/s1. The molecule has 586 valence electrons. The summed E-state index contributed by atoms with van der Waals surface area (Å²) in [6.07, 6.45) is 2.31. The van der Waals surface area contributed by atoms with Crippen LogP contribution in [-0.4, -0.2) is 174 Å². The molecular formula is C84H89N13O16. The van der Waals surface area contributed by atoms with Crippen molar-refractivity contribution in [3.05, 3.63) is 191 Å². The van der Waals surface area contributed by atoms with Gasteiger partial charge in [-0.2, -0.15) is 0 Å². The van der Waals surface area contributed by atoms with Gasteiger partial charge in [-0.25, -0.2) is 14.4 Å². The summed E-state index contributed by atoms with van der Waals surface area (Å²) in [5.41, 5.74) is 9.19. The van der Waals surface area contributed by atoms with Crippen LogP contribution in [0.3, 0.4) is 0 Å². The molecule has 1 aromatic heterocycles. The van der Waals surface area contributed by atoms with E-state index in [2.05, 4.69) is 42.2 Å². The van der Waals surface area contributed by atoms with Gasteiger partial charge in [-0.15, -0.1) is 5.10 Å². The fourth-order valence-corrected chi connectivity index (χ4v) is 15.1. The number of carbonyl (C=O) groups is 9. The summed E-state index contributed by atoms with van der Waals surface area (Å²) < 4.78 is 37.2. The highest BCUT2D eigenvalue weighted by Crippen LogP contribution is 2.57. The average molecular weight is 1540 g/mol. The highest BCUT2D eigenvalue weighted by molar-refractivity contribution is 6.07. The molecule has 7 N–H and O–H groups in total. The summed E-state index contributed by atoms with van der Waals surface area (Å²) in [5.74, 6) is -2.24. The molecule has 0 bridgehead atoms. The summed E-state index contributed by atoms with van der Waals surface area (Å²) in [5, 5.41) is 37.9. The van der Waals surface area contributed by atoms with Crippen LogP contribution in [0.2, 0.25) is 0 Å². The number of benzene rings is 7. The van der Waals surface area contributed by atoms with E-state index in [0.29, 0.717) is 83.3 Å². The lowest BCUT2D eigenvalue weighted by molar-refractivity contribution is -0.131. The molecule has 5 aliphatic heterocycles. The third-order valence-electron chi connectivity index (χ3n) is 21.3. The Morgan fingerprint density at radius 2 is 1.35 bits per heavy atom. The van der Waals surface area contributed by atoms with Crippen molar-refractivity contribution in [3.63, 3.8) is 0 Å². The third-order valence-corrected chi connectivity index (χ3v) is 21.3. The number of anilines is 4. The van der Waals surface area contributed by atoms with Crippen molar-refractivity contribution in [3.8, 4) is 51.3 Å². The number of nitrogens with one attached hydrogen (secondary N) is 6. The van der Waals surface area contributed by atoms with Crippen LogP contribution in [0, 0.1) is 5.41 Å². The summed E-state index contributed by atoms with van der Waals surface area (Å²) in [6, 6.07) is 41.4. The van der Waals surface area contributed by atoms with Crippen molar-refractivity contribution in [1.82, 2.24) is 46.1 Å². The van der Waals surface area contributed by atoms with Gasteiger partial charge in [0.25, 0.3) is 11.8 Å². The number of ether oxygens (including phenoxy) is 6. The number of rotatable bonds is 27.